The van der Waals surface area contributed by atoms with Crippen LogP contribution >= 0.6 is 11.6 Å². The molecule has 0 aliphatic rings. The van der Waals surface area contributed by atoms with Crippen LogP contribution in [0.2, 0.25) is 5.02 Å². The minimum Gasteiger partial charge on any atom is -0.478 e. The van der Waals surface area contributed by atoms with Crippen molar-refractivity contribution in [1.82, 2.24) is 0 Å². The Balaban J connectivity index is 2.10. The number of benzene rings is 2. The molecule has 0 aliphatic heterocycles. The topological polar surface area (TPSA) is 49.3 Å². The number of halogens is 1. The van der Waals surface area contributed by atoms with Gasteiger partial charge in [0, 0.05) is 17.3 Å². The summed E-state index contributed by atoms with van der Waals surface area (Å²) in [6, 6.07) is 12.5. The van der Waals surface area contributed by atoms with Crippen LogP contribution in [-0.2, 0) is 6.54 Å². The molecule has 0 saturated carbocycles. The molecular formula is C15H14ClNO2. The van der Waals surface area contributed by atoms with Gasteiger partial charge in [0.15, 0.2) is 0 Å². The van der Waals surface area contributed by atoms with Gasteiger partial charge in [-0.3, -0.25) is 0 Å². The van der Waals surface area contributed by atoms with Crippen molar-refractivity contribution in [2.24, 2.45) is 0 Å². The van der Waals surface area contributed by atoms with E-state index < -0.39 is 5.97 Å². The first-order chi connectivity index (χ1) is 9.06. The normalized spacial score (nSPS) is 10.2. The Morgan fingerprint density at radius 3 is 2.74 bits per heavy atom. The molecule has 19 heavy (non-hydrogen) atoms. The van der Waals surface area contributed by atoms with Crippen LogP contribution in [0, 0.1) is 6.92 Å². The molecule has 2 aromatic carbocycles. The molecule has 4 heteroatoms. The van der Waals surface area contributed by atoms with Gasteiger partial charge in [0.1, 0.15) is 0 Å². The second-order valence-corrected chi connectivity index (χ2v) is 4.75. The van der Waals surface area contributed by atoms with Crippen LogP contribution in [-0.4, -0.2) is 11.1 Å². The van der Waals surface area contributed by atoms with Gasteiger partial charge < -0.3 is 10.4 Å². The Morgan fingerprint density at radius 1 is 1.26 bits per heavy atom. The number of hydrogen-bond donors (Lipinski definition) is 2. The van der Waals surface area contributed by atoms with Crippen LogP contribution in [0.5, 0.6) is 0 Å². The number of anilines is 1. The van der Waals surface area contributed by atoms with Gasteiger partial charge in [-0.15, -0.1) is 0 Å². The lowest BCUT2D eigenvalue weighted by Gasteiger charge is -2.10. The summed E-state index contributed by atoms with van der Waals surface area (Å²) in [5.41, 5.74) is 3.30. The van der Waals surface area contributed by atoms with Crippen molar-refractivity contribution in [3.63, 3.8) is 0 Å². The predicted octanol–water partition coefficient (Wildman–Crippen LogP) is 3.96. The first kappa shape index (κ1) is 13.4. The van der Waals surface area contributed by atoms with Crippen molar-refractivity contribution in [1.29, 1.82) is 0 Å². The third kappa shape index (κ3) is 3.48. The number of carbonyl (C=O) groups is 1. The number of nitrogens with one attached hydrogen (secondary N) is 1. The Bertz CT molecular complexity index is 611. The second kappa shape index (κ2) is 5.76. The summed E-state index contributed by atoms with van der Waals surface area (Å²) in [7, 11) is 0. The van der Waals surface area contributed by atoms with E-state index in [1.54, 1.807) is 18.2 Å². The lowest BCUT2D eigenvalue weighted by Crippen LogP contribution is -2.03. The highest BCUT2D eigenvalue weighted by molar-refractivity contribution is 6.30. The standard InChI is InChI=1S/C15H14ClNO2/c1-10-7-13(16)6-5-12(10)9-17-14-4-2-3-11(8-14)15(18)19/h2-8,17H,9H2,1H3,(H,18,19). The molecule has 0 radical (unpaired) electrons. The number of rotatable bonds is 4. The van der Waals surface area contributed by atoms with Crippen LogP contribution in [0.4, 0.5) is 5.69 Å². The van der Waals surface area contributed by atoms with E-state index in [0.717, 1.165) is 16.8 Å². The molecular weight excluding hydrogens is 262 g/mol. The molecule has 0 heterocycles. The van der Waals surface area contributed by atoms with E-state index in [-0.39, 0.29) is 5.56 Å². The Kier molecular flexibility index (Phi) is 4.07. The third-order valence-electron chi connectivity index (χ3n) is 2.90. The fraction of sp³-hybridized carbons (Fsp3) is 0.133. The number of carboxylic acids is 1. The van der Waals surface area contributed by atoms with Crippen molar-refractivity contribution in [2.75, 3.05) is 5.32 Å². The molecule has 0 unspecified atom stereocenters. The highest BCUT2D eigenvalue weighted by Gasteiger charge is 2.04. The molecule has 2 N–H and O–H groups in total. The predicted molar refractivity (Wildman–Crippen MR) is 76.9 cm³/mol. The highest BCUT2D eigenvalue weighted by atomic mass is 35.5. The van der Waals surface area contributed by atoms with Crippen LogP contribution in [0.25, 0.3) is 0 Å². The van der Waals surface area contributed by atoms with Gasteiger partial charge in [0.25, 0.3) is 0 Å². The minimum absolute atomic E-state index is 0.276. The molecule has 98 valence electrons. The fourth-order valence-corrected chi connectivity index (χ4v) is 2.04. The summed E-state index contributed by atoms with van der Waals surface area (Å²) < 4.78 is 0. The highest BCUT2D eigenvalue weighted by Crippen LogP contribution is 2.17. The first-order valence-electron chi connectivity index (χ1n) is 5.88. The Morgan fingerprint density at radius 2 is 2.05 bits per heavy atom. The summed E-state index contributed by atoms with van der Waals surface area (Å²) >= 11 is 5.90. The van der Waals surface area contributed by atoms with Gasteiger partial charge in [-0.2, -0.15) is 0 Å². The van der Waals surface area contributed by atoms with Crippen LogP contribution < -0.4 is 5.32 Å². The first-order valence-corrected chi connectivity index (χ1v) is 6.26. The average molecular weight is 276 g/mol. The van der Waals surface area contributed by atoms with Crippen molar-refractivity contribution in [3.8, 4) is 0 Å². The summed E-state index contributed by atoms with van der Waals surface area (Å²) in [5.74, 6) is -0.925. The zero-order chi connectivity index (χ0) is 13.8. The lowest BCUT2D eigenvalue weighted by atomic mass is 10.1. The molecule has 2 rings (SSSR count). The zero-order valence-corrected chi connectivity index (χ0v) is 11.2. The molecule has 0 bridgehead atoms. The Hall–Kier alpha value is -2.00. The maximum atomic E-state index is 10.9. The lowest BCUT2D eigenvalue weighted by molar-refractivity contribution is 0.0697. The monoisotopic (exact) mass is 275 g/mol. The molecule has 0 spiro atoms. The number of hydrogen-bond acceptors (Lipinski definition) is 2. The molecule has 0 atom stereocenters. The van der Waals surface area contributed by atoms with E-state index in [2.05, 4.69) is 5.32 Å². The van der Waals surface area contributed by atoms with Gasteiger partial charge in [0.2, 0.25) is 0 Å². The molecule has 0 fully saturated rings. The number of carboxylic acid groups (broad SMARTS) is 1. The fourth-order valence-electron chi connectivity index (χ4n) is 1.82. The van der Waals surface area contributed by atoms with Crippen molar-refractivity contribution in [3.05, 3.63) is 64.2 Å². The van der Waals surface area contributed by atoms with Crippen molar-refractivity contribution in [2.45, 2.75) is 13.5 Å². The number of aryl methyl sites for hydroxylation is 1. The van der Waals surface area contributed by atoms with Crippen molar-refractivity contribution >= 4 is 23.3 Å². The largest absolute Gasteiger partial charge is 0.478 e. The molecule has 0 aliphatic carbocycles. The van der Waals surface area contributed by atoms with E-state index in [1.165, 1.54) is 0 Å². The maximum absolute atomic E-state index is 10.9. The van der Waals surface area contributed by atoms with Gasteiger partial charge in [-0.05, 0) is 48.4 Å². The van der Waals surface area contributed by atoms with Crippen molar-refractivity contribution < 1.29 is 9.90 Å². The smallest absolute Gasteiger partial charge is 0.335 e. The SMILES string of the molecule is Cc1cc(Cl)ccc1CNc1cccc(C(=O)O)c1. The molecule has 0 saturated heterocycles. The van der Waals surface area contributed by atoms with Crippen LogP contribution in [0.1, 0.15) is 21.5 Å². The van der Waals surface area contributed by atoms with Gasteiger partial charge >= 0.3 is 5.97 Å². The summed E-state index contributed by atoms with van der Waals surface area (Å²) in [5, 5.41) is 12.9. The summed E-state index contributed by atoms with van der Waals surface area (Å²) in [6.45, 7) is 2.63. The van der Waals surface area contributed by atoms with E-state index in [4.69, 9.17) is 16.7 Å². The zero-order valence-electron chi connectivity index (χ0n) is 10.5. The minimum atomic E-state index is -0.925. The van der Waals surface area contributed by atoms with E-state index >= 15 is 0 Å². The van der Waals surface area contributed by atoms with Gasteiger partial charge in [0.05, 0.1) is 5.56 Å². The summed E-state index contributed by atoms with van der Waals surface area (Å²) in [6.07, 6.45) is 0. The van der Waals surface area contributed by atoms with Crippen LogP contribution in [0.15, 0.2) is 42.5 Å². The quantitative estimate of drug-likeness (QED) is 0.888. The van der Waals surface area contributed by atoms with E-state index in [0.29, 0.717) is 11.6 Å². The summed E-state index contributed by atoms with van der Waals surface area (Å²) in [4.78, 5) is 10.9. The molecule has 0 aromatic heterocycles. The number of aromatic carboxylic acids is 1. The van der Waals surface area contributed by atoms with E-state index in [9.17, 15) is 4.79 Å². The molecule has 0 amide bonds. The van der Waals surface area contributed by atoms with Crippen LogP contribution in [0.3, 0.4) is 0 Å². The van der Waals surface area contributed by atoms with Gasteiger partial charge in [-0.1, -0.05) is 23.7 Å². The molecule has 2 aromatic rings. The van der Waals surface area contributed by atoms with Gasteiger partial charge in [-0.25, -0.2) is 4.79 Å². The third-order valence-corrected chi connectivity index (χ3v) is 3.13. The Labute approximate surface area is 116 Å². The second-order valence-electron chi connectivity index (χ2n) is 4.31. The van der Waals surface area contributed by atoms with E-state index in [1.807, 2.05) is 31.2 Å². The molecule has 3 nitrogen and oxygen atoms in total. The average Bonchev–Trinajstić information content (AvgIpc) is 2.38. The maximum Gasteiger partial charge on any atom is 0.335 e.